The van der Waals surface area contributed by atoms with Gasteiger partial charge in [-0.25, -0.2) is 4.57 Å². The molecule has 102 valence electrons. The fourth-order valence-electron chi connectivity index (χ4n) is 1.14. The summed E-state index contributed by atoms with van der Waals surface area (Å²) in [5.74, 6) is 0.301. The van der Waals surface area contributed by atoms with Crippen LogP contribution in [0.1, 0.15) is 26.7 Å². The first-order valence-electron chi connectivity index (χ1n) is 5.94. The Morgan fingerprint density at radius 1 is 1.11 bits per heavy atom. The van der Waals surface area contributed by atoms with E-state index in [9.17, 15) is 4.57 Å². The molecule has 0 aliphatic rings. The molecule has 4 nitrogen and oxygen atoms in total. The number of para-hydroxylation sites is 1. The first-order valence-corrected chi connectivity index (χ1v) is 7.78. The highest BCUT2D eigenvalue weighted by Crippen LogP contribution is 2.50. The summed E-state index contributed by atoms with van der Waals surface area (Å²) in [6.45, 7) is 4.45. The van der Waals surface area contributed by atoms with E-state index in [-0.39, 0.29) is 0 Å². The maximum absolute atomic E-state index is 12.3. The number of hydrogen-bond donors (Lipinski definition) is 0. The summed E-state index contributed by atoms with van der Waals surface area (Å²) < 4.78 is 28.0. The van der Waals surface area contributed by atoms with Crippen LogP contribution < -0.4 is 4.52 Å². The van der Waals surface area contributed by atoms with Crippen LogP contribution in [-0.2, 0) is 13.6 Å². The number of hydrogen-bond acceptors (Lipinski definition) is 4. The summed E-state index contributed by atoms with van der Waals surface area (Å²) in [5.41, 5.74) is 0. The molecular weight excluding hydrogens is 275 g/mol. The Morgan fingerprint density at radius 3 is 2.17 bits per heavy atom. The van der Waals surface area contributed by atoms with E-state index < -0.39 is 7.82 Å². The average Bonchev–Trinajstić information content (AvgIpc) is 2.37. The van der Waals surface area contributed by atoms with Gasteiger partial charge in [-0.1, -0.05) is 37.6 Å². The van der Waals surface area contributed by atoms with E-state index in [1.165, 1.54) is 0 Å². The molecule has 0 amide bonds. The lowest BCUT2D eigenvalue weighted by molar-refractivity contribution is 0.155. The zero-order valence-electron chi connectivity index (χ0n) is 10.6. The van der Waals surface area contributed by atoms with E-state index in [0.29, 0.717) is 24.0 Å². The van der Waals surface area contributed by atoms with E-state index in [2.05, 4.69) is 0 Å². The lowest BCUT2D eigenvalue weighted by atomic mass is 10.3. The van der Waals surface area contributed by atoms with Gasteiger partial charge in [-0.05, 0) is 25.0 Å². The molecule has 0 bridgehead atoms. The molecule has 0 radical (unpaired) electrons. The Labute approximate surface area is 113 Å². The maximum Gasteiger partial charge on any atom is 0.530 e. The van der Waals surface area contributed by atoms with Crippen molar-refractivity contribution in [1.82, 2.24) is 0 Å². The lowest BCUT2D eigenvalue weighted by Gasteiger charge is -2.18. The van der Waals surface area contributed by atoms with Crippen LogP contribution in [0, 0.1) is 0 Å². The van der Waals surface area contributed by atoms with Crippen molar-refractivity contribution in [3.63, 3.8) is 0 Å². The van der Waals surface area contributed by atoms with Gasteiger partial charge in [0.05, 0.1) is 18.2 Å². The summed E-state index contributed by atoms with van der Waals surface area (Å²) in [5, 5.41) is 0.373. The van der Waals surface area contributed by atoms with Crippen LogP contribution in [0.4, 0.5) is 0 Å². The van der Waals surface area contributed by atoms with E-state index in [1.807, 2.05) is 13.8 Å². The second-order valence-corrected chi connectivity index (χ2v) is 5.64. The smallest absolute Gasteiger partial charge is 0.402 e. The van der Waals surface area contributed by atoms with Gasteiger partial charge in [0.25, 0.3) is 0 Å². The van der Waals surface area contributed by atoms with E-state index in [4.69, 9.17) is 25.2 Å². The number of phosphoric ester groups is 1. The highest BCUT2D eigenvalue weighted by Gasteiger charge is 2.28. The minimum absolute atomic E-state index is 0.301. The molecule has 0 aliphatic carbocycles. The lowest BCUT2D eigenvalue weighted by Crippen LogP contribution is -2.04. The Bertz CT molecular complexity index is 399. The van der Waals surface area contributed by atoms with Crippen molar-refractivity contribution in [2.75, 3.05) is 13.2 Å². The molecular formula is C12H18ClO4P. The molecule has 1 rings (SSSR count). The van der Waals surface area contributed by atoms with E-state index in [1.54, 1.807) is 24.3 Å². The van der Waals surface area contributed by atoms with Crippen LogP contribution in [0.2, 0.25) is 5.02 Å². The molecule has 1 aromatic rings. The molecule has 0 spiro atoms. The minimum atomic E-state index is -3.59. The Hall–Kier alpha value is -0.540. The highest BCUT2D eigenvalue weighted by molar-refractivity contribution is 7.48. The molecule has 0 unspecified atom stereocenters. The van der Waals surface area contributed by atoms with Gasteiger partial charge in [0.15, 0.2) is 0 Å². The molecule has 0 N–H and O–H groups in total. The van der Waals surface area contributed by atoms with Gasteiger partial charge in [-0.15, -0.1) is 0 Å². The molecule has 0 atom stereocenters. The van der Waals surface area contributed by atoms with Gasteiger partial charge in [-0.2, -0.15) is 0 Å². The normalized spacial score (nSPS) is 11.5. The first kappa shape index (κ1) is 15.5. The summed E-state index contributed by atoms with van der Waals surface area (Å²) >= 11 is 5.94. The Morgan fingerprint density at radius 2 is 1.67 bits per heavy atom. The van der Waals surface area contributed by atoms with Crippen LogP contribution in [-0.4, -0.2) is 13.2 Å². The number of halogens is 1. The molecule has 0 saturated heterocycles. The van der Waals surface area contributed by atoms with Crippen molar-refractivity contribution in [3.05, 3.63) is 29.3 Å². The predicted molar refractivity (Wildman–Crippen MR) is 72.2 cm³/mol. The fourth-order valence-corrected chi connectivity index (χ4v) is 2.76. The summed E-state index contributed by atoms with van der Waals surface area (Å²) in [6, 6.07) is 6.78. The quantitative estimate of drug-likeness (QED) is 0.653. The second kappa shape index (κ2) is 7.80. The van der Waals surface area contributed by atoms with Gasteiger partial charge in [0, 0.05) is 0 Å². The van der Waals surface area contributed by atoms with Gasteiger partial charge in [-0.3, -0.25) is 9.05 Å². The van der Waals surface area contributed by atoms with E-state index >= 15 is 0 Å². The second-order valence-electron chi connectivity index (χ2n) is 3.64. The topological polar surface area (TPSA) is 44.8 Å². The molecule has 0 aromatic heterocycles. The van der Waals surface area contributed by atoms with Crippen LogP contribution in [0.3, 0.4) is 0 Å². The van der Waals surface area contributed by atoms with Gasteiger partial charge in [0.1, 0.15) is 5.75 Å². The molecule has 0 heterocycles. The van der Waals surface area contributed by atoms with Crippen LogP contribution in [0.5, 0.6) is 5.75 Å². The zero-order chi connectivity index (χ0) is 13.4. The van der Waals surface area contributed by atoms with Crippen molar-refractivity contribution < 1.29 is 18.1 Å². The predicted octanol–water partition coefficient (Wildman–Crippen LogP) is 4.68. The first-order chi connectivity index (χ1) is 8.61. The zero-order valence-corrected chi connectivity index (χ0v) is 12.2. The molecule has 0 fully saturated rings. The monoisotopic (exact) mass is 292 g/mol. The largest absolute Gasteiger partial charge is 0.530 e. The SMILES string of the molecule is CCCOP(=O)(OCCC)Oc1ccccc1Cl. The minimum Gasteiger partial charge on any atom is -0.402 e. The standard InChI is InChI=1S/C12H18ClO4P/c1-3-9-15-18(14,16-10-4-2)17-12-8-6-5-7-11(12)13/h5-8H,3-4,9-10H2,1-2H3. The van der Waals surface area contributed by atoms with Crippen molar-refractivity contribution in [2.45, 2.75) is 26.7 Å². The van der Waals surface area contributed by atoms with Crippen molar-refractivity contribution in [3.8, 4) is 5.75 Å². The summed E-state index contributed by atoms with van der Waals surface area (Å²) in [6.07, 6.45) is 1.46. The van der Waals surface area contributed by atoms with E-state index in [0.717, 1.165) is 12.8 Å². The summed E-state index contributed by atoms with van der Waals surface area (Å²) in [4.78, 5) is 0. The third kappa shape index (κ3) is 4.99. The Balaban J connectivity index is 2.77. The summed E-state index contributed by atoms with van der Waals surface area (Å²) in [7, 11) is -3.59. The number of benzene rings is 1. The maximum atomic E-state index is 12.3. The fraction of sp³-hybridized carbons (Fsp3) is 0.500. The van der Waals surface area contributed by atoms with Crippen molar-refractivity contribution >= 4 is 19.4 Å². The third-order valence-electron chi connectivity index (χ3n) is 1.95. The van der Waals surface area contributed by atoms with Crippen LogP contribution in [0.15, 0.2) is 24.3 Å². The molecule has 1 aromatic carbocycles. The van der Waals surface area contributed by atoms with Crippen LogP contribution >= 0.6 is 19.4 Å². The number of phosphoric acid groups is 1. The van der Waals surface area contributed by atoms with Crippen LogP contribution in [0.25, 0.3) is 0 Å². The van der Waals surface area contributed by atoms with Crippen molar-refractivity contribution in [1.29, 1.82) is 0 Å². The molecule has 0 aliphatic heterocycles. The van der Waals surface area contributed by atoms with Gasteiger partial charge in [0.2, 0.25) is 0 Å². The average molecular weight is 293 g/mol. The van der Waals surface area contributed by atoms with Crippen molar-refractivity contribution in [2.24, 2.45) is 0 Å². The van der Waals surface area contributed by atoms with Gasteiger partial charge < -0.3 is 4.52 Å². The Kier molecular flexibility index (Phi) is 6.72. The number of rotatable bonds is 8. The third-order valence-corrected chi connectivity index (χ3v) is 3.68. The highest BCUT2D eigenvalue weighted by atomic mass is 35.5. The molecule has 0 saturated carbocycles. The van der Waals surface area contributed by atoms with Gasteiger partial charge >= 0.3 is 7.82 Å². The molecule has 6 heteroatoms. The molecule has 18 heavy (non-hydrogen) atoms.